The monoisotopic (exact) mass is 197 g/mol. The molecule has 2 aliphatic heterocycles. The highest BCUT2D eigenvalue weighted by molar-refractivity contribution is 4.74. The zero-order valence-electron chi connectivity index (χ0n) is 9.13. The number of piperidine rings is 1. The van der Waals surface area contributed by atoms with E-state index in [9.17, 15) is 0 Å². The first-order valence-electron chi connectivity index (χ1n) is 6.26. The van der Waals surface area contributed by atoms with E-state index >= 15 is 0 Å². The van der Waals surface area contributed by atoms with E-state index < -0.39 is 0 Å². The summed E-state index contributed by atoms with van der Waals surface area (Å²) in [6.45, 7) is 3.26. The molecule has 2 nitrogen and oxygen atoms in total. The van der Waals surface area contributed by atoms with Crippen LogP contribution >= 0.6 is 0 Å². The predicted molar refractivity (Wildman–Crippen MR) is 58.4 cm³/mol. The zero-order valence-corrected chi connectivity index (χ0v) is 9.13. The van der Waals surface area contributed by atoms with Crippen LogP contribution in [0.4, 0.5) is 0 Å². The highest BCUT2D eigenvalue weighted by Gasteiger charge is 2.17. The average molecular weight is 197 g/mol. The molecule has 14 heavy (non-hydrogen) atoms. The Morgan fingerprint density at radius 3 is 2.79 bits per heavy atom. The van der Waals surface area contributed by atoms with Crippen LogP contribution in [0.2, 0.25) is 0 Å². The van der Waals surface area contributed by atoms with Gasteiger partial charge in [-0.2, -0.15) is 0 Å². The van der Waals surface area contributed by atoms with Gasteiger partial charge in [0.1, 0.15) is 0 Å². The summed E-state index contributed by atoms with van der Waals surface area (Å²) in [6, 6.07) is 0.811. The first kappa shape index (κ1) is 10.4. The van der Waals surface area contributed by atoms with E-state index in [-0.39, 0.29) is 0 Å². The summed E-state index contributed by atoms with van der Waals surface area (Å²) in [4.78, 5) is 0. The average Bonchev–Trinajstić information content (AvgIpc) is 2.29. The molecule has 0 saturated carbocycles. The van der Waals surface area contributed by atoms with Crippen molar-refractivity contribution in [3.05, 3.63) is 0 Å². The largest absolute Gasteiger partial charge is 0.381 e. The third-order valence-electron chi connectivity index (χ3n) is 3.59. The number of nitrogens with one attached hydrogen (secondary N) is 1. The second-order valence-corrected chi connectivity index (χ2v) is 4.81. The van der Waals surface area contributed by atoms with Crippen molar-refractivity contribution in [3.8, 4) is 0 Å². The molecule has 2 fully saturated rings. The second-order valence-electron chi connectivity index (χ2n) is 4.81. The van der Waals surface area contributed by atoms with Gasteiger partial charge in [0.25, 0.3) is 0 Å². The van der Waals surface area contributed by atoms with Crippen molar-refractivity contribution in [2.45, 2.75) is 51.0 Å². The number of hydrogen-bond donors (Lipinski definition) is 1. The maximum Gasteiger partial charge on any atom is 0.0494 e. The highest BCUT2D eigenvalue weighted by atomic mass is 16.5. The first-order chi connectivity index (χ1) is 6.95. The fourth-order valence-electron chi connectivity index (χ4n) is 2.64. The third kappa shape index (κ3) is 3.25. The smallest absolute Gasteiger partial charge is 0.0494 e. The molecule has 2 unspecified atom stereocenters. The van der Waals surface area contributed by atoms with Gasteiger partial charge in [-0.15, -0.1) is 0 Å². The molecule has 0 radical (unpaired) electrons. The van der Waals surface area contributed by atoms with Gasteiger partial charge in [-0.25, -0.2) is 0 Å². The quantitative estimate of drug-likeness (QED) is 0.750. The van der Waals surface area contributed by atoms with Gasteiger partial charge >= 0.3 is 0 Å². The molecule has 0 aliphatic carbocycles. The van der Waals surface area contributed by atoms with Crippen LogP contribution in [0.25, 0.3) is 0 Å². The molecule has 0 aromatic carbocycles. The van der Waals surface area contributed by atoms with E-state index in [1.54, 1.807) is 0 Å². The van der Waals surface area contributed by atoms with Crippen molar-refractivity contribution in [2.75, 3.05) is 19.8 Å². The van der Waals surface area contributed by atoms with Crippen molar-refractivity contribution < 1.29 is 4.74 Å². The van der Waals surface area contributed by atoms with Crippen LogP contribution in [0, 0.1) is 5.92 Å². The molecule has 0 aromatic rings. The van der Waals surface area contributed by atoms with Crippen LogP contribution in [0.5, 0.6) is 0 Å². The van der Waals surface area contributed by atoms with Gasteiger partial charge in [0, 0.05) is 19.3 Å². The lowest BCUT2D eigenvalue weighted by Gasteiger charge is -2.27. The molecule has 2 atom stereocenters. The molecule has 0 amide bonds. The number of ether oxygens (including phenoxy) is 1. The molecule has 0 spiro atoms. The molecule has 0 aromatic heterocycles. The van der Waals surface area contributed by atoms with Gasteiger partial charge < -0.3 is 10.1 Å². The Morgan fingerprint density at radius 2 is 2.07 bits per heavy atom. The van der Waals surface area contributed by atoms with Crippen LogP contribution in [-0.4, -0.2) is 25.8 Å². The maximum absolute atomic E-state index is 5.50. The Labute approximate surface area is 87.4 Å². The first-order valence-corrected chi connectivity index (χ1v) is 6.26. The lowest BCUT2D eigenvalue weighted by atomic mass is 9.92. The van der Waals surface area contributed by atoms with Crippen LogP contribution in [0.15, 0.2) is 0 Å². The Balaban J connectivity index is 1.60. The fraction of sp³-hybridized carbons (Fsp3) is 1.00. The van der Waals surface area contributed by atoms with Crippen LogP contribution in [0.1, 0.15) is 44.9 Å². The minimum absolute atomic E-state index is 0.811. The van der Waals surface area contributed by atoms with E-state index in [2.05, 4.69) is 5.32 Å². The molecule has 2 heterocycles. The molecule has 1 N–H and O–H groups in total. The Morgan fingerprint density at radius 1 is 1.07 bits per heavy atom. The molecule has 2 aliphatic rings. The van der Waals surface area contributed by atoms with E-state index in [1.807, 2.05) is 0 Å². The normalized spacial score (nSPS) is 34.3. The van der Waals surface area contributed by atoms with Crippen LogP contribution < -0.4 is 5.32 Å². The maximum atomic E-state index is 5.50. The summed E-state index contributed by atoms with van der Waals surface area (Å²) in [7, 11) is 0. The van der Waals surface area contributed by atoms with Crippen molar-refractivity contribution in [2.24, 2.45) is 5.92 Å². The van der Waals surface area contributed by atoms with E-state index in [0.29, 0.717) is 0 Å². The fourth-order valence-corrected chi connectivity index (χ4v) is 2.64. The summed E-state index contributed by atoms with van der Waals surface area (Å²) in [5.41, 5.74) is 0. The topological polar surface area (TPSA) is 21.3 Å². The highest BCUT2D eigenvalue weighted by Crippen LogP contribution is 2.21. The van der Waals surface area contributed by atoms with E-state index in [4.69, 9.17) is 4.74 Å². The van der Waals surface area contributed by atoms with E-state index in [1.165, 1.54) is 51.5 Å². The van der Waals surface area contributed by atoms with Crippen LogP contribution in [-0.2, 0) is 4.74 Å². The Bertz CT molecular complexity index is 130. The Hall–Kier alpha value is -0.0800. The van der Waals surface area contributed by atoms with Gasteiger partial charge in [0.15, 0.2) is 0 Å². The minimum atomic E-state index is 0.811. The molecular weight excluding hydrogens is 174 g/mol. The summed E-state index contributed by atoms with van der Waals surface area (Å²) in [5.74, 6) is 0.854. The standard InChI is InChI=1S/C12H23NO/c1-2-8-13-12(5-1)7-6-11-4-3-9-14-10-11/h11-13H,1-10H2. The molecule has 82 valence electrons. The van der Waals surface area contributed by atoms with Crippen molar-refractivity contribution in [1.82, 2.24) is 5.32 Å². The molecule has 2 saturated heterocycles. The number of rotatable bonds is 3. The predicted octanol–water partition coefficient (Wildman–Crippen LogP) is 2.34. The van der Waals surface area contributed by atoms with Crippen molar-refractivity contribution >= 4 is 0 Å². The van der Waals surface area contributed by atoms with Crippen LogP contribution in [0.3, 0.4) is 0 Å². The SMILES string of the molecule is C1CCC(CCC2CCCOC2)NC1. The Kier molecular flexibility index (Phi) is 4.26. The van der Waals surface area contributed by atoms with E-state index in [0.717, 1.165) is 25.2 Å². The van der Waals surface area contributed by atoms with Gasteiger partial charge in [-0.05, 0) is 51.0 Å². The summed E-state index contributed by atoms with van der Waals surface area (Å²) in [6.07, 6.45) is 9.62. The summed E-state index contributed by atoms with van der Waals surface area (Å²) in [5, 5.41) is 3.62. The zero-order chi connectivity index (χ0) is 9.64. The second kappa shape index (κ2) is 5.72. The van der Waals surface area contributed by atoms with Crippen molar-refractivity contribution in [3.63, 3.8) is 0 Å². The lowest BCUT2D eigenvalue weighted by molar-refractivity contribution is 0.0495. The molecule has 0 bridgehead atoms. The van der Waals surface area contributed by atoms with Gasteiger partial charge in [0.05, 0.1) is 0 Å². The summed E-state index contributed by atoms with van der Waals surface area (Å²) < 4.78 is 5.50. The van der Waals surface area contributed by atoms with Gasteiger partial charge in [-0.3, -0.25) is 0 Å². The van der Waals surface area contributed by atoms with Gasteiger partial charge in [-0.1, -0.05) is 6.42 Å². The number of hydrogen-bond acceptors (Lipinski definition) is 2. The summed E-state index contributed by atoms with van der Waals surface area (Å²) >= 11 is 0. The molecule has 2 heteroatoms. The molecular formula is C12H23NO. The lowest BCUT2D eigenvalue weighted by Crippen LogP contribution is -2.34. The van der Waals surface area contributed by atoms with Gasteiger partial charge in [0.2, 0.25) is 0 Å². The molecule has 2 rings (SSSR count). The third-order valence-corrected chi connectivity index (χ3v) is 3.59. The minimum Gasteiger partial charge on any atom is -0.381 e. The van der Waals surface area contributed by atoms with Crippen molar-refractivity contribution in [1.29, 1.82) is 0 Å².